The van der Waals surface area contributed by atoms with Crippen LogP contribution in [0.25, 0.3) is 0 Å². The number of para-hydroxylation sites is 1. The highest BCUT2D eigenvalue weighted by Crippen LogP contribution is 2.18. The second-order valence-electron chi connectivity index (χ2n) is 4.88. The molecule has 0 aliphatic heterocycles. The van der Waals surface area contributed by atoms with Gasteiger partial charge in [0.2, 0.25) is 0 Å². The molecule has 4 nitrogen and oxygen atoms in total. The molecule has 2 rings (SSSR count). The first-order chi connectivity index (χ1) is 9.28. The summed E-state index contributed by atoms with van der Waals surface area (Å²) in [6.07, 6.45) is 2.57. The Hall–Kier alpha value is -1.71. The van der Waals surface area contributed by atoms with Gasteiger partial charge in [0.1, 0.15) is 11.9 Å². The van der Waals surface area contributed by atoms with Crippen molar-refractivity contribution in [1.82, 2.24) is 10.6 Å². The number of aliphatic imine (C=N–C) groups is 1. The molecular formula is C15H23N3O. The van der Waals surface area contributed by atoms with Crippen LogP contribution in [0.2, 0.25) is 0 Å². The van der Waals surface area contributed by atoms with Crippen molar-refractivity contribution in [2.24, 2.45) is 4.99 Å². The molecule has 19 heavy (non-hydrogen) atoms. The second-order valence-corrected chi connectivity index (χ2v) is 4.88. The summed E-state index contributed by atoms with van der Waals surface area (Å²) in [5, 5.41) is 6.65. The third-order valence-electron chi connectivity index (χ3n) is 2.85. The topological polar surface area (TPSA) is 45.7 Å². The van der Waals surface area contributed by atoms with Gasteiger partial charge in [0.15, 0.2) is 5.96 Å². The molecule has 1 atom stereocenters. The zero-order valence-electron chi connectivity index (χ0n) is 11.7. The minimum atomic E-state index is 0.0667. The van der Waals surface area contributed by atoms with Crippen molar-refractivity contribution in [3.05, 3.63) is 30.3 Å². The van der Waals surface area contributed by atoms with Gasteiger partial charge in [-0.05, 0) is 38.8 Å². The van der Waals surface area contributed by atoms with Crippen LogP contribution in [0.5, 0.6) is 5.75 Å². The summed E-state index contributed by atoms with van der Waals surface area (Å²) < 4.78 is 5.80. The van der Waals surface area contributed by atoms with Crippen LogP contribution in [0.15, 0.2) is 35.3 Å². The van der Waals surface area contributed by atoms with E-state index < -0.39 is 0 Å². The lowest BCUT2D eigenvalue weighted by Crippen LogP contribution is -2.39. The number of ether oxygens (including phenoxy) is 1. The molecule has 2 N–H and O–H groups in total. The highest BCUT2D eigenvalue weighted by Gasteiger charge is 2.22. The monoisotopic (exact) mass is 261 g/mol. The van der Waals surface area contributed by atoms with Gasteiger partial charge in [-0.15, -0.1) is 0 Å². The van der Waals surface area contributed by atoms with Crippen molar-refractivity contribution in [2.45, 2.75) is 38.8 Å². The second kappa shape index (κ2) is 7.02. The molecule has 104 valence electrons. The average Bonchev–Trinajstić information content (AvgIpc) is 3.21. The van der Waals surface area contributed by atoms with Crippen molar-refractivity contribution in [3.63, 3.8) is 0 Å². The summed E-state index contributed by atoms with van der Waals surface area (Å²) in [6, 6.07) is 10.5. The molecule has 0 aromatic heterocycles. The molecule has 0 saturated heterocycles. The van der Waals surface area contributed by atoms with Crippen LogP contribution >= 0.6 is 0 Å². The van der Waals surface area contributed by atoms with E-state index in [0.717, 1.165) is 18.3 Å². The molecule has 0 radical (unpaired) electrons. The molecule has 4 heteroatoms. The van der Waals surface area contributed by atoms with Crippen molar-refractivity contribution in [3.8, 4) is 5.75 Å². The van der Waals surface area contributed by atoms with E-state index in [1.807, 2.05) is 37.3 Å². The summed E-state index contributed by atoms with van der Waals surface area (Å²) in [5.41, 5.74) is 0. The van der Waals surface area contributed by atoms with E-state index in [0.29, 0.717) is 12.6 Å². The molecule has 0 amide bonds. The van der Waals surface area contributed by atoms with Crippen molar-refractivity contribution < 1.29 is 4.74 Å². The Labute approximate surface area is 115 Å². The molecule has 1 unspecified atom stereocenters. The van der Waals surface area contributed by atoms with Crippen molar-refractivity contribution in [2.75, 3.05) is 13.1 Å². The predicted molar refractivity (Wildman–Crippen MR) is 78.7 cm³/mol. The number of benzene rings is 1. The van der Waals surface area contributed by atoms with E-state index in [2.05, 4.69) is 22.5 Å². The fraction of sp³-hybridized carbons (Fsp3) is 0.533. The van der Waals surface area contributed by atoms with Gasteiger partial charge >= 0.3 is 0 Å². The average molecular weight is 261 g/mol. The van der Waals surface area contributed by atoms with Gasteiger partial charge in [0.05, 0.1) is 6.54 Å². The van der Waals surface area contributed by atoms with Crippen LogP contribution in [-0.2, 0) is 0 Å². The van der Waals surface area contributed by atoms with Crippen LogP contribution in [0.4, 0.5) is 0 Å². The Morgan fingerprint density at radius 2 is 2.11 bits per heavy atom. The molecule has 0 bridgehead atoms. The van der Waals surface area contributed by atoms with Crippen LogP contribution in [0.3, 0.4) is 0 Å². The first-order valence-corrected chi connectivity index (χ1v) is 7.04. The number of hydrogen-bond acceptors (Lipinski definition) is 2. The lowest BCUT2D eigenvalue weighted by Gasteiger charge is -2.14. The molecule has 1 saturated carbocycles. The standard InChI is InChI=1S/C15H23N3O/c1-3-16-15(18-13-9-10-13)17-11-12(2)19-14-7-5-4-6-8-14/h4-8,12-13H,3,9-11H2,1-2H3,(H2,16,17,18). The smallest absolute Gasteiger partial charge is 0.191 e. The van der Waals surface area contributed by atoms with E-state index in [9.17, 15) is 0 Å². The summed E-state index contributed by atoms with van der Waals surface area (Å²) >= 11 is 0. The summed E-state index contributed by atoms with van der Waals surface area (Å²) in [4.78, 5) is 4.56. The number of rotatable bonds is 6. The van der Waals surface area contributed by atoms with E-state index >= 15 is 0 Å². The van der Waals surface area contributed by atoms with Crippen molar-refractivity contribution >= 4 is 5.96 Å². The van der Waals surface area contributed by atoms with Gasteiger partial charge in [-0.1, -0.05) is 18.2 Å². The van der Waals surface area contributed by atoms with Gasteiger partial charge < -0.3 is 15.4 Å². The fourth-order valence-corrected chi connectivity index (χ4v) is 1.73. The Morgan fingerprint density at radius 3 is 2.74 bits per heavy atom. The quantitative estimate of drug-likeness (QED) is 0.609. The normalized spacial score (nSPS) is 16.8. The van der Waals surface area contributed by atoms with Gasteiger partial charge in [-0.25, -0.2) is 4.99 Å². The van der Waals surface area contributed by atoms with E-state index in [4.69, 9.17) is 4.74 Å². The van der Waals surface area contributed by atoms with Gasteiger partial charge in [0, 0.05) is 12.6 Å². The maximum atomic E-state index is 5.80. The number of guanidine groups is 1. The lowest BCUT2D eigenvalue weighted by atomic mass is 10.3. The Kier molecular flexibility index (Phi) is 5.07. The maximum Gasteiger partial charge on any atom is 0.191 e. The number of hydrogen-bond donors (Lipinski definition) is 2. The molecule has 1 aromatic rings. The SMILES string of the molecule is CCNC(=NCC(C)Oc1ccccc1)NC1CC1. The molecule has 0 spiro atoms. The zero-order valence-corrected chi connectivity index (χ0v) is 11.7. The summed E-state index contributed by atoms with van der Waals surface area (Å²) in [7, 11) is 0. The summed E-state index contributed by atoms with van der Waals surface area (Å²) in [5.74, 6) is 1.79. The molecule has 1 aliphatic carbocycles. The van der Waals surface area contributed by atoms with Crippen LogP contribution in [-0.4, -0.2) is 31.2 Å². The van der Waals surface area contributed by atoms with E-state index in [-0.39, 0.29) is 6.10 Å². The maximum absolute atomic E-state index is 5.80. The Balaban J connectivity index is 1.80. The highest BCUT2D eigenvalue weighted by molar-refractivity contribution is 5.80. The molecule has 1 fully saturated rings. The van der Waals surface area contributed by atoms with E-state index in [1.165, 1.54) is 12.8 Å². The van der Waals surface area contributed by atoms with Crippen LogP contribution < -0.4 is 15.4 Å². The minimum Gasteiger partial charge on any atom is -0.489 e. The number of nitrogens with one attached hydrogen (secondary N) is 2. The third kappa shape index (κ3) is 5.20. The van der Waals surface area contributed by atoms with E-state index in [1.54, 1.807) is 0 Å². The summed E-state index contributed by atoms with van der Waals surface area (Å²) in [6.45, 7) is 5.65. The predicted octanol–water partition coefficient (Wildman–Crippen LogP) is 2.17. The first kappa shape index (κ1) is 13.7. The Bertz CT molecular complexity index is 401. The van der Waals surface area contributed by atoms with Crippen molar-refractivity contribution in [1.29, 1.82) is 0 Å². The first-order valence-electron chi connectivity index (χ1n) is 7.04. The molecule has 1 aromatic carbocycles. The van der Waals surface area contributed by atoms with Gasteiger partial charge in [-0.2, -0.15) is 0 Å². The zero-order chi connectivity index (χ0) is 13.5. The van der Waals surface area contributed by atoms with Crippen LogP contribution in [0, 0.1) is 0 Å². The minimum absolute atomic E-state index is 0.0667. The largest absolute Gasteiger partial charge is 0.489 e. The van der Waals surface area contributed by atoms with Gasteiger partial charge in [0.25, 0.3) is 0 Å². The van der Waals surface area contributed by atoms with Gasteiger partial charge in [-0.3, -0.25) is 0 Å². The Morgan fingerprint density at radius 1 is 1.37 bits per heavy atom. The number of nitrogens with zero attached hydrogens (tertiary/aromatic N) is 1. The molecule has 0 heterocycles. The fourth-order valence-electron chi connectivity index (χ4n) is 1.73. The third-order valence-corrected chi connectivity index (χ3v) is 2.85. The lowest BCUT2D eigenvalue weighted by molar-refractivity contribution is 0.230. The molecular weight excluding hydrogens is 238 g/mol. The van der Waals surface area contributed by atoms with Crippen LogP contribution in [0.1, 0.15) is 26.7 Å². The highest BCUT2D eigenvalue weighted by atomic mass is 16.5. The molecule has 1 aliphatic rings.